The third-order valence-corrected chi connectivity index (χ3v) is 14.1. The zero-order chi connectivity index (χ0) is 45.9. The Labute approximate surface area is 400 Å². The van der Waals surface area contributed by atoms with E-state index in [2.05, 4.69) is 232 Å². The van der Waals surface area contributed by atoms with Gasteiger partial charge in [0.05, 0.1) is 33.1 Å². The van der Waals surface area contributed by atoms with Crippen molar-refractivity contribution in [3.8, 4) is 51.2 Å². The molecule has 0 radical (unpaired) electrons. The number of nitrogens with zero attached hydrogens (tertiary/aromatic N) is 6. The Morgan fingerprint density at radius 1 is 0.286 bits per heavy atom. The molecule has 326 valence electrons. The van der Waals surface area contributed by atoms with E-state index in [4.69, 9.17) is 19.4 Å². The van der Waals surface area contributed by atoms with Gasteiger partial charge in [-0.1, -0.05) is 152 Å². The molecule has 15 rings (SSSR count). The SMILES string of the molecule is c1ccc(-c2cccc3oc4cc(-c5nc(-c6cccc(-n7c8ccccc8c8cc9c%10ccccc%10n(-c%10ccccc%10)c9cc87)c6)nc(-n6c7ccccc7c7ccccc76)n5)ccc4c23)cc1. The first kappa shape index (κ1) is 38.5. The van der Waals surface area contributed by atoms with Crippen molar-refractivity contribution >= 4 is 87.4 Å². The van der Waals surface area contributed by atoms with Gasteiger partial charge >= 0.3 is 0 Å². The van der Waals surface area contributed by atoms with E-state index >= 15 is 0 Å². The van der Waals surface area contributed by atoms with E-state index in [1.165, 1.54) is 27.1 Å². The Kier molecular flexibility index (Phi) is 8.23. The Balaban J connectivity index is 0.954. The normalized spacial score (nSPS) is 12.0. The van der Waals surface area contributed by atoms with Gasteiger partial charge in [0.25, 0.3) is 0 Å². The summed E-state index contributed by atoms with van der Waals surface area (Å²) in [5, 5.41) is 9.21. The van der Waals surface area contributed by atoms with Crippen LogP contribution in [0.4, 0.5) is 0 Å². The van der Waals surface area contributed by atoms with Crippen LogP contribution < -0.4 is 0 Å². The molecule has 0 aliphatic heterocycles. The molecule has 0 bridgehead atoms. The summed E-state index contributed by atoms with van der Waals surface area (Å²) >= 11 is 0. The maximum Gasteiger partial charge on any atom is 0.238 e. The average Bonchev–Trinajstić information content (AvgIpc) is 4.16. The van der Waals surface area contributed by atoms with Crippen LogP contribution >= 0.6 is 0 Å². The molecule has 0 fully saturated rings. The first-order valence-electron chi connectivity index (χ1n) is 23.6. The van der Waals surface area contributed by atoms with Gasteiger partial charge in [0.1, 0.15) is 11.2 Å². The number of rotatable bonds is 6. The molecule has 0 spiro atoms. The molecule has 0 N–H and O–H groups in total. The number of hydrogen-bond donors (Lipinski definition) is 0. The van der Waals surface area contributed by atoms with Crippen molar-refractivity contribution in [1.29, 1.82) is 0 Å². The Morgan fingerprint density at radius 2 is 0.786 bits per heavy atom. The van der Waals surface area contributed by atoms with Crippen LogP contribution in [-0.4, -0.2) is 28.7 Å². The smallest absolute Gasteiger partial charge is 0.238 e. The molecule has 0 amide bonds. The van der Waals surface area contributed by atoms with Crippen LogP contribution in [0.15, 0.2) is 235 Å². The molecule has 7 heteroatoms. The zero-order valence-electron chi connectivity index (χ0n) is 37.5. The number of benzene rings is 10. The summed E-state index contributed by atoms with van der Waals surface area (Å²) in [4.78, 5) is 16.0. The molecule has 15 aromatic rings. The average molecular weight is 895 g/mol. The highest BCUT2D eigenvalue weighted by Crippen LogP contribution is 2.42. The first-order valence-corrected chi connectivity index (χ1v) is 23.6. The van der Waals surface area contributed by atoms with E-state index in [1.807, 2.05) is 12.1 Å². The lowest BCUT2D eigenvalue weighted by Gasteiger charge is -2.13. The molecular formula is C63H38N6O. The number of fused-ring (bicyclic) bond motifs is 12. The van der Waals surface area contributed by atoms with Crippen LogP contribution in [0.3, 0.4) is 0 Å². The van der Waals surface area contributed by atoms with Gasteiger partial charge in [-0.15, -0.1) is 0 Å². The van der Waals surface area contributed by atoms with Crippen molar-refractivity contribution in [2.45, 2.75) is 0 Å². The second kappa shape index (κ2) is 15.0. The molecule has 7 nitrogen and oxygen atoms in total. The van der Waals surface area contributed by atoms with Gasteiger partial charge in [-0.05, 0) is 90.0 Å². The minimum atomic E-state index is 0.534. The molecule has 70 heavy (non-hydrogen) atoms. The zero-order valence-corrected chi connectivity index (χ0v) is 37.5. The van der Waals surface area contributed by atoms with Crippen LogP contribution in [0.25, 0.3) is 139 Å². The van der Waals surface area contributed by atoms with Gasteiger partial charge in [0, 0.05) is 65.6 Å². The highest BCUT2D eigenvalue weighted by atomic mass is 16.3. The van der Waals surface area contributed by atoms with Crippen molar-refractivity contribution < 1.29 is 4.42 Å². The highest BCUT2D eigenvalue weighted by molar-refractivity contribution is 6.19. The predicted octanol–water partition coefficient (Wildman–Crippen LogP) is 16.1. The van der Waals surface area contributed by atoms with E-state index < -0.39 is 0 Å². The summed E-state index contributed by atoms with van der Waals surface area (Å²) in [6, 6.07) is 81.4. The Bertz CT molecular complexity index is 4540. The van der Waals surface area contributed by atoms with Crippen LogP contribution in [0.2, 0.25) is 0 Å². The van der Waals surface area contributed by atoms with Gasteiger partial charge < -0.3 is 13.6 Å². The van der Waals surface area contributed by atoms with E-state index in [0.717, 1.165) is 93.9 Å². The van der Waals surface area contributed by atoms with Crippen LogP contribution in [-0.2, 0) is 0 Å². The largest absolute Gasteiger partial charge is 0.456 e. The van der Waals surface area contributed by atoms with Crippen LogP contribution in [0, 0.1) is 0 Å². The van der Waals surface area contributed by atoms with Crippen LogP contribution in [0.1, 0.15) is 0 Å². The fourth-order valence-electron chi connectivity index (χ4n) is 11.0. The van der Waals surface area contributed by atoms with E-state index in [9.17, 15) is 0 Å². The number of para-hydroxylation sites is 5. The molecule has 0 saturated carbocycles. The Morgan fingerprint density at radius 3 is 1.43 bits per heavy atom. The Hall–Kier alpha value is -9.59. The molecular weight excluding hydrogens is 857 g/mol. The van der Waals surface area contributed by atoms with Gasteiger partial charge in [0.2, 0.25) is 5.95 Å². The number of furan rings is 1. The first-order chi connectivity index (χ1) is 34.7. The molecule has 5 aromatic heterocycles. The lowest BCUT2D eigenvalue weighted by Crippen LogP contribution is -2.06. The van der Waals surface area contributed by atoms with Crippen molar-refractivity contribution in [2.24, 2.45) is 0 Å². The lowest BCUT2D eigenvalue weighted by molar-refractivity contribution is 0.669. The highest BCUT2D eigenvalue weighted by Gasteiger charge is 2.22. The number of aromatic nitrogens is 6. The quantitative estimate of drug-likeness (QED) is 0.167. The molecule has 0 unspecified atom stereocenters. The summed E-state index contributed by atoms with van der Waals surface area (Å²) in [5.41, 5.74) is 14.3. The molecule has 5 heterocycles. The van der Waals surface area contributed by atoms with Crippen LogP contribution in [0.5, 0.6) is 0 Å². The maximum absolute atomic E-state index is 6.63. The molecule has 0 aliphatic rings. The van der Waals surface area contributed by atoms with E-state index in [-0.39, 0.29) is 0 Å². The maximum atomic E-state index is 6.63. The fraction of sp³-hybridized carbons (Fsp3) is 0. The monoisotopic (exact) mass is 894 g/mol. The van der Waals surface area contributed by atoms with Crippen molar-refractivity contribution in [1.82, 2.24) is 28.7 Å². The third kappa shape index (κ3) is 5.72. The van der Waals surface area contributed by atoms with Gasteiger partial charge in [-0.25, -0.2) is 4.98 Å². The summed E-state index contributed by atoms with van der Waals surface area (Å²) in [6.45, 7) is 0. The molecule has 10 aromatic carbocycles. The molecule has 0 aliphatic carbocycles. The van der Waals surface area contributed by atoms with Crippen molar-refractivity contribution in [3.05, 3.63) is 231 Å². The minimum Gasteiger partial charge on any atom is -0.456 e. The third-order valence-electron chi connectivity index (χ3n) is 14.1. The summed E-state index contributed by atoms with van der Waals surface area (Å²) < 4.78 is 13.6. The van der Waals surface area contributed by atoms with Gasteiger partial charge in [-0.3, -0.25) is 4.57 Å². The van der Waals surface area contributed by atoms with Crippen molar-refractivity contribution in [2.75, 3.05) is 0 Å². The minimum absolute atomic E-state index is 0.534. The topological polar surface area (TPSA) is 66.6 Å². The summed E-state index contributed by atoms with van der Waals surface area (Å²) in [5.74, 6) is 1.64. The predicted molar refractivity (Wildman–Crippen MR) is 286 cm³/mol. The van der Waals surface area contributed by atoms with E-state index in [0.29, 0.717) is 17.6 Å². The van der Waals surface area contributed by atoms with E-state index in [1.54, 1.807) is 0 Å². The second-order valence-electron chi connectivity index (χ2n) is 18.0. The molecule has 0 saturated heterocycles. The fourth-order valence-corrected chi connectivity index (χ4v) is 11.0. The van der Waals surface area contributed by atoms with Crippen molar-refractivity contribution in [3.63, 3.8) is 0 Å². The lowest BCUT2D eigenvalue weighted by atomic mass is 9.99. The summed E-state index contributed by atoms with van der Waals surface area (Å²) in [7, 11) is 0. The molecule has 0 atom stereocenters. The second-order valence-corrected chi connectivity index (χ2v) is 18.0. The van der Waals surface area contributed by atoms with Gasteiger partial charge in [0.15, 0.2) is 11.6 Å². The summed E-state index contributed by atoms with van der Waals surface area (Å²) in [6.07, 6.45) is 0. The standard InChI is InChI=1S/C63H38N6O/c1-3-17-39(18-4-1)44-27-16-32-58-60(44)49-34-33-41(36-59(49)70-58)62-64-61(65-63(66-62)69-54-30-13-7-23-45(54)46-24-8-14-31-55(46)69)40-19-15-22-43(35-40)68-53-29-12-10-26-48(53)51-37-50-47-25-9-11-28-52(47)67(56(50)38-57(51)68)42-20-5-2-6-21-42/h1-38H. The number of hydrogen-bond acceptors (Lipinski definition) is 4. The van der Waals surface area contributed by atoms with Gasteiger partial charge in [-0.2, -0.15) is 9.97 Å².